The second kappa shape index (κ2) is 6.62. The van der Waals surface area contributed by atoms with Gasteiger partial charge in [-0.3, -0.25) is 0 Å². The van der Waals surface area contributed by atoms with E-state index in [2.05, 4.69) is 52.4 Å². The molecule has 0 spiro atoms. The summed E-state index contributed by atoms with van der Waals surface area (Å²) in [6, 6.07) is 14.4. The lowest BCUT2D eigenvalue weighted by atomic mass is 10.1. The summed E-state index contributed by atoms with van der Waals surface area (Å²) in [7, 11) is 0. The zero-order valence-corrected chi connectivity index (χ0v) is 12.8. The zero-order valence-electron chi connectivity index (χ0n) is 11.2. The Balaban J connectivity index is 2.06. The third kappa shape index (κ3) is 3.74. The molecule has 0 fully saturated rings. The second-order valence-electron chi connectivity index (χ2n) is 4.35. The lowest BCUT2D eigenvalue weighted by Gasteiger charge is -2.12. The lowest BCUT2D eigenvalue weighted by Crippen LogP contribution is -2.02. The highest BCUT2D eigenvalue weighted by atomic mass is 79.9. The Morgan fingerprint density at radius 1 is 1.16 bits per heavy atom. The van der Waals surface area contributed by atoms with Crippen LogP contribution in [0.15, 0.2) is 46.9 Å². The van der Waals surface area contributed by atoms with Crippen molar-refractivity contribution in [1.82, 2.24) is 0 Å². The molecule has 0 atom stereocenters. The van der Waals surface area contributed by atoms with Crippen molar-refractivity contribution in [2.24, 2.45) is 0 Å². The predicted molar refractivity (Wildman–Crippen MR) is 83.8 cm³/mol. The molecule has 3 heteroatoms. The van der Waals surface area contributed by atoms with Crippen molar-refractivity contribution in [3.05, 3.63) is 58.1 Å². The highest BCUT2D eigenvalue weighted by Gasteiger charge is 2.02. The quantitative estimate of drug-likeness (QED) is 0.857. The van der Waals surface area contributed by atoms with E-state index in [9.17, 15) is 0 Å². The molecule has 2 aromatic rings. The summed E-state index contributed by atoms with van der Waals surface area (Å²) in [5.41, 5.74) is 3.58. The third-order valence-corrected chi connectivity index (χ3v) is 3.71. The fourth-order valence-electron chi connectivity index (χ4n) is 1.92. The van der Waals surface area contributed by atoms with Crippen LogP contribution < -0.4 is 10.1 Å². The van der Waals surface area contributed by atoms with Crippen molar-refractivity contribution in [3.63, 3.8) is 0 Å². The molecule has 0 heterocycles. The van der Waals surface area contributed by atoms with E-state index in [0.717, 1.165) is 22.5 Å². The molecule has 0 unspecified atom stereocenters. The largest absolute Gasteiger partial charge is 0.494 e. The van der Waals surface area contributed by atoms with Gasteiger partial charge in [-0.1, -0.05) is 34.1 Å². The van der Waals surface area contributed by atoms with Gasteiger partial charge in [0.05, 0.1) is 6.61 Å². The number of benzene rings is 2. The van der Waals surface area contributed by atoms with Crippen molar-refractivity contribution in [3.8, 4) is 5.75 Å². The minimum atomic E-state index is 0.698. The summed E-state index contributed by atoms with van der Waals surface area (Å²) in [5.74, 6) is 0.923. The number of halogens is 1. The number of aryl methyl sites for hydroxylation is 1. The van der Waals surface area contributed by atoms with Crippen molar-refractivity contribution in [1.29, 1.82) is 0 Å². The minimum absolute atomic E-state index is 0.698. The maximum Gasteiger partial charge on any atom is 0.119 e. The molecule has 2 nitrogen and oxygen atoms in total. The molecule has 2 aromatic carbocycles. The van der Waals surface area contributed by atoms with Crippen LogP contribution in [0.25, 0.3) is 0 Å². The number of rotatable bonds is 5. The number of hydrogen-bond donors (Lipinski definition) is 1. The van der Waals surface area contributed by atoms with E-state index < -0.39 is 0 Å². The van der Waals surface area contributed by atoms with Gasteiger partial charge in [-0.2, -0.15) is 0 Å². The van der Waals surface area contributed by atoms with Crippen molar-refractivity contribution in [2.75, 3.05) is 11.9 Å². The Bertz CT molecular complexity index is 554. The molecule has 0 aliphatic carbocycles. The van der Waals surface area contributed by atoms with E-state index in [0.29, 0.717) is 6.61 Å². The molecule has 0 saturated heterocycles. The van der Waals surface area contributed by atoms with Gasteiger partial charge in [0, 0.05) is 16.7 Å². The molecule has 1 N–H and O–H groups in total. The van der Waals surface area contributed by atoms with Gasteiger partial charge in [0.25, 0.3) is 0 Å². The standard InChI is InChI=1S/C16H18BrNO/c1-3-19-14-8-9-16(12(2)10-14)18-11-13-6-4-5-7-15(13)17/h4-10,18H,3,11H2,1-2H3. The topological polar surface area (TPSA) is 21.3 Å². The summed E-state index contributed by atoms with van der Waals surface area (Å²) >= 11 is 3.56. The van der Waals surface area contributed by atoms with Crippen LogP contribution in [0.1, 0.15) is 18.1 Å². The van der Waals surface area contributed by atoms with Crippen molar-refractivity contribution >= 4 is 21.6 Å². The fourth-order valence-corrected chi connectivity index (χ4v) is 2.35. The van der Waals surface area contributed by atoms with Gasteiger partial charge >= 0.3 is 0 Å². The predicted octanol–water partition coefficient (Wildman–Crippen LogP) is 4.77. The van der Waals surface area contributed by atoms with E-state index in [-0.39, 0.29) is 0 Å². The summed E-state index contributed by atoms with van der Waals surface area (Å²) in [5, 5.41) is 3.45. The molecule has 0 aromatic heterocycles. The highest BCUT2D eigenvalue weighted by molar-refractivity contribution is 9.10. The van der Waals surface area contributed by atoms with Gasteiger partial charge in [-0.15, -0.1) is 0 Å². The number of ether oxygens (including phenoxy) is 1. The second-order valence-corrected chi connectivity index (χ2v) is 5.21. The molecule has 0 radical (unpaired) electrons. The van der Waals surface area contributed by atoms with E-state index in [1.54, 1.807) is 0 Å². The van der Waals surface area contributed by atoms with Gasteiger partial charge in [-0.25, -0.2) is 0 Å². The fraction of sp³-hybridized carbons (Fsp3) is 0.250. The first kappa shape index (κ1) is 13.9. The van der Waals surface area contributed by atoms with E-state index in [4.69, 9.17) is 4.74 Å². The Kier molecular flexibility index (Phi) is 4.86. The number of nitrogens with one attached hydrogen (secondary N) is 1. The Labute approximate surface area is 122 Å². The molecule has 0 amide bonds. The normalized spacial score (nSPS) is 10.3. The average molecular weight is 320 g/mol. The summed E-state index contributed by atoms with van der Waals surface area (Å²) in [6.07, 6.45) is 0. The van der Waals surface area contributed by atoms with Crippen LogP contribution in [-0.4, -0.2) is 6.61 Å². The van der Waals surface area contributed by atoms with Crippen molar-refractivity contribution in [2.45, 2.75) is 20.4 Å². The van der Waals surface area contributed by atoms with Gasteiger partial charge in [0.15, 0.2) is 0 Å². The third-order valence-electron chi connectivity index (χ3n) is 2.94. The molecule has 0 aliphatic rings. The van der Waals surface area contributed by atoms with Crippen LogP contribution in [-0.2, 0) is 6.54 Å². The van der Waals surface area contributed by atoms with Crippen LogP contribution in [0.3, 0.4) is 0 Å². The molecule has 100 valence electrons. The Hall–Kier alpha value is -1.48. The summed E-state index contributed by atoms with van der Waals surface area (Å²) in [4.78, 5) is 0. The molecular weight excluding hydrogens is 302 g/mol. The molecule has 0 aliphatic heterocycles. The van der Waals surface area contributed by atoms with E-state index in [1.807, 2.05) is 25.1 Å². The Morgan fingerprint density at radius 2 is 1.95 bits per heavy atom. The SMILES string of the molecule is CCOc1ccc(NCc2ccccc2Br)c(C)c1. The van der Waals surface area contributed by atoms with Gasteiger partial charge in [0.1, 0.15) is 5.75 Å². The van der Waals surface area contributed by atoms with Gasteiger partial charge in [0.2, 0.25) is 0 Å². The first-order valence-electron chi connectivity index (χ1n) is 6.41. The van der Waals surface area contributed by atoms with Crippen LogP contribution in [0.4, 0.5) is 5.69 Å². The van der Waals surface area contributed by atoms with Crippen molar-refractivity contribution < 1.29 is 4.74 Å². The maximum absolute atomic E-state index is 5.49. The summed E-state index contributed by atoms with van der Waals surface area (Å²) in [6.45, 7) is 5.58. The maximum atomic E-state index is 5.49. The van der Waals surface area contributed by atoms with E-state index >= 15 is 0 Å². The molecule has 0 bridgehead atoms. The van der Waals surface area contributed by atoms with Gasteiger partial charge in [-0.05, 0) is 49.2 Å². The van der Waals surface area contributed by atoms with Crippen LogP contribution in [0, 0.1) is 6.92 Å². The van der Waals surface area contributed by atoms with Gasteiger partial charge < -0.3 is 10.1 Å². The number of hydrogen-bond acceptors (Lipinski definition) is 2. The zero-order chi connectivity index (χ0) is 13.7. The highest BCUT2D eigenvalue weighted by Crippen LogP contribution is 2.23. The molecule has 2 rings (SSSR count). The average Bonchev–Trinajstić information content (AvgIpc) is 2.40. The first-order valence-corrected chi connectivity index (χ1v) is 7.20. The van der Waals surface area contributed by atoms with E-state index in [1.165, 1.54) is 11.1 Å². The van der Waals surface area contributed by atoms with Crippen LogP contribution in [0.2, 0.25) is 0 Å². The van der Waals surface area contributed by atoms with Crippen LogP contribution in [0.5, 0.6) is 5.75 Å². The smallest absolute Gasteiger partial charge is 0.119 e. The number of anilines is 1. The monoisotopic (exact) mass is 319 g/mol. The molecule has 0 saturated carbocycles. The molecular formula is C16H18BrNO. The molecule has 19 heavy (non-hydrogen) atoms. The minimum Gasteiger partial charge on any atom is -0.494 e. The summed E-state index contributed by atoms with van der Waals surface area (Å²) < 4.78 is 6.62. The first-order chi connectivity index (χ1) is 9.20. The van der Waals surface area contributed by atoms with Crippen LogP contribution >= 0.6 is 15.9 Å². The lowest BCUT2D eigenvalue weighted by molar-refractivity contribution is 0.340. The Morgan fingerprint density at radius 3 is 2.63 bits per heavy atom.